The van der Waals surface area contributed by atoms with Gasteiger partial charge in [-0.3, -0.25) is 14.5 Å². The van der Waals surface area contributed by atoms with Crippen molar-refractivity contribution in [1.82, 2.24) is 10.2 Å². The lowest BCUT2D eigenvalue weighted by atomic mass is 9.88. The van der Waals surface area contributed by atoms with Crippen LogP contribution in [0.3, 0.4) is 0 Å². The lowest BCUT2D eigenvalue weighted by Crippen LogP contribution is -2.50. The number of aliphatic hydroxyl groups excluding tert-OH is 1. The number of benzene rings is 1. The highest BCUT2D eigenvalue weighted by molar-refractivity contribution is 5.99. The molecule has 0 bridgehead atoms. The summed E-state index contributed by atoms with van der Waals surface area (Å²) in [5.74, 6) is 0.724. The number of carbonyl (C=O) groups is 2. The van der Waals surface area contributed by atoms with E-state index in [4.69, 9.17) is 20.2 Å². The van der Waals surface area contributed by atoms with Gasteiger partial charge in [0.25, 0.3) is 5.91 Å². The van der Waals surface area contributed by atoms with E-state index in [1.807, 2.05) is 27.7 Å². The van der Waals surface area contributed by atoms with E-state index in [1.165, 1.54) is 4.90 Å². The third-order valence-electron chi connectivity index (χ3n) is 8.29. The number of allylic oxidation sites excluding steroid dienone is 1. The molecule has 3 atom stereocenters. The number of carbonyl (C=O) groups excluding carboxylic acids is 2. The number of nitrogens with zero attached hydrogens (tertiary/aromatic N) is 2. The van der Waals surface area contributed by atoms with Crippen LogP contribution in [-0.2, 0) is 16.1 Å². The van der Waals surface area contributed by atoms with Crippen molar-refractivity contribution in [3.8, 4) is 5.75 Å². The first kappa shape index (κ1) is 31.9. The maximum atomic E-state index is 13.6. The molecular formula is C32H46N4O5. The van der Waals surface area contributed by atoms with E-state index in [-0.39, 0.29) is 43.3 Å². The molecule has 2 aliphatic heterocycles. The standard InChI is InChI=1S/C32H46N4O5/c1-9-20(6)40-26-15-14-21(16-22(26)19-36-28(38)18-32(12-4,13-5)35-30(36)33)29(39)34-24-17-27(37)31(7,8)41-25(11-3)23(24)10-2/h10-11,14-16,20,24,27,37H,2-3,9,12-13,17-19H2,1,4-8H3,(H2,33,35)(H,34,39). The van der Waals surface area contributed by atoms with Crippen LogP contribution < -0.4 is 15.8 Å². The molecule has 3 rings (SSSR count). The summed E-state index contributed by atoms with van der Waals surface area (Å²) in [6.07, 6.45) is 4.96. The minimum absolute atomic E-state index is 0.0715. The van der Waals surface area contributed by atoms with Crippen LogP contribution in [0.25, 0.3) is 0 Å². The highest BCUT2D eigenvalue weighted by Crippen LogP contribution is 2.33. The van der Waals surface area contributed by atoms with Crippen LogP contribution in [0.15, 0.2) is 59.8 Å². The second kappa shape index (κ2) is 12.9. The molecule has 2 amide bonds. The Morgan fingerprint density at radius 1 is 1.29 bits per heavy atom. The number of guanidine groups is 1. The molecule has 1 aromatic rings. The smallest absolute Gasteiger partial charge is 0.251 e. The van der Waals surface area contributed by atoms with Crippen molar-refractivity contribution >= 4 is 17.8 Å². The molecule has 41 heavy (non-hydrogen) atoms. The van der Waals surface area contributed by atoms with Gasteiger partial charge < -0.3 is 25.6 Å². The number of amides is 2. The second-order valence-corrected chi connectivity index (χ2v) is 11.4. The number of nitrogens with two attached hydrogens (primary N) is 1. The summed E-state index contributed by atoms with van der Waals surface area (Å²) >= 11 is 0. The maximum Gasteiger partial charge on any atom is 0.251 e. The Morgan fingerprint density at radius 3 is 2.54 bits per heavy atom. The first-order chi connectivity index (χ1) is 19.3. The van der Waals surface area contributed by atoms with E-state index < -0.39 is 23.3 Å². The summed E-state index contributed by atoms with van der Waals surface area (Å²) in [5, 5.41) is 13.9. The van der Waals surface area contributed by atoms with Crippen LogP contribution in [0.2, 0.25) is 0 Å². The van der Waals surface area contributed by atoms with E-state index in [0.29, 0.717) is 41.1 Å². The minimum Gasteiger partial charge on any atom is -0.490 e. The van der Waals surface area contributed by atoms with Crippen molar-refractivity contribution in [2.24, 2.45) is 10.7 Å². The predicted octanol–water partition coefficient (Wildman–Crippen LogP) is 4.75. The molecule has 1 aromatic carbocycles. The fourth-order valence-electron chi connectivity index (χ4n) is 5.10. The van der Waals surface area contributed by atoms with Crippen molar-refractivity contribution in [2.75, 3.05) is 0 Å². The molecule has 4 N–H and O–H groups in total. The molecule has 3 unspecified atom stereocenters. The van der Waals surface area contributed by atoms with Gasteiger partial charge in [0.15, 0.2) is 5.96 Å². The van der Waals surface area contributed by atoms with E-state index in [2.05, 4.69) is 18.5 Å². The van der Waals surface area contributed by atoms with Crippen molar-refractivity contribution in [3.05, 3.63) is 66.0 Å². The lowest BCUT2D eigenvalue weighted by Gasteiger charge is -2.36. The van der Waals surface area contributed by atoms with E-state index in [1.54, 1.807) is 44.2 Å². The Balaban J connectivity index is 1.96. The highest BCUT2D eigenvalue weighted by Gasteiger charge is 2.39. The number of ether oxygens (including phenoxy) is 2. The van der Waals surface area contributed by atoms with Crippen molar-refractivity contribution in [1.29, 1.82) is 0 Å². The van der Waals surface area contributed by atoms with Gasteiger partial charge in [0.1, 0.15) is 17.1 Å². The van der Waals surface area contributed by atoms with E-state index >= 15 is 0 Å². The third kappa shape index (κ3) is 7.01. The zero-order valence-electron chi connectivity index (χ0n) is 25.3. The van der Waals surface area contributed by atoms with Gasteiger partial charge >= 0.3 is 0 Å². The van der Waals surface area contributed by atoms with Crippen LogP contribution in [0.4, 0.5) is 0 Å². The van der Waals surface area contributed by atoms with E-state index in [9.17, 15) is 14.7 Å². The summed E-state index contributed by atoms with van der Waals surface area (Å²) in [4.78, 5) is 33.0. The normalized spacial score (nSPS) is 22.7. The maximum absolute atomic E-state index is 13.6. The number of hydrogen-bond donors (Lipinski definition) is 3. The number of nitrogens with one attached hydrogen (secondary N) is 1. The quantitative estimate of drug-likeness (QED) is 0.355. The van der Waals surface area contributed by atoms with E-state index in [0.717, 1.165) is 6.42 Å². The molecule has 0 aromatic heterocycles. The minimum atomic E-state index is -0.880. The molecule has 0 aliphatic carbocycles. The van der Waals surface area contributed by atoms with Crippen LogP contribution in [0.1, 0.15) is 89.6 Å². The molecular weight excluding hydrogens is 520 g/mol. The average molecular weight is 567 g/mol. The monoisotopic (exact) mass is 566 g/mol. The molecule has 2 aliphatic rings. The Kier molecular flexibility index (Phi) is 10.1. The van der Waals surface area contributed by atoms with Gasteiger partial charge in [0.2, 0.25) is 5.91 Å². The van der Waals surface area contributed by atoms with Gasteiger partial charge in [0.05, 0.1) is 36.8 Å². The zero-order valence-corrected chi connectivity index (χ0v) is 25.3. The number of aliphatic imine (C=N–C) groups is 1. The second-order valence-electron chi connectivity index (χ2n) is 11.4. The summed E-state index contributed by atoms with van der Waals surface area (Å²) in [5.41, 5.74) is 6.60. The van der Waals surface area contributed by atoms with Gasteiger partial charge in [-0.15, -0.1) is 0 Å². The molecule has 0 spiro atoms. The number of rotatable bonds is 11. The number of aliphatic hydroxyl groups is 1. The molecule has 9 heteroatoms. The fourth-order valence-corrected chi connectivity index (χ4v) is 5.10. The van der Waals surface area contributed by atoms with Crippen molar-refractivity contribution in [3.63, 3.8) is 0 Å². The Hall–Kier alpha value is -3.59. The molecule has 0 saturated heterocycles. The van der Waals surface area contributed by atoms with Crippen LogP contribution in [0, 0.1) is 0 Å². The van der Waals surface area contributed by atoms with Gasteiger partial charge in [-0.25, -0.2) is 4.99 Å². The first-order valence-electron chi connectivity index (χ1n) is 14.5. The van der Waals surface area contributed by atoms with Crippen LogP contribution >= 0.6 is 0 Å². The fraction of sp³-hybridized carbons (Fsp3) is 0.531. The van der Waals surface area contributed by atoms with Crippen molar-refractivity contribution in [2.45, 2.75) is 110 Å². The lowest BCUT2D eigenvalue weighted by molar-refractivity contribution is -0.130. The van der Waals surface area contributed by atoms with Gasteiger partial charge in [-0.1, -0.05) is 40.0 Å². The summed E-state index contributed by atoms with van der Waals surface area (Å²) < 4.78 is 12.2. The predicted molar refractivity (Wildman–Crippen MR) is 161 cm³/mol. The molecule has 0 fully saturated rings. The highest BCUT2D eigenvalue weighted by atomic mass is 16.5. The zero-order chi connectivity index (χ0) is 30.5. The number of hydrogen-bond acceptors (Lipinski definition) is 7. The Labute approximate surface area is 244 Å². The Morgan fingerprint density at radius 2 is 1.98 bits per heavy atom. The third-order valence-corrected chi connectivity index (χ3v) is 8.29. The largest absolute Gasteiger partial charge is 0.490 e. The molecule has 9 nitrogen and oxygen atoms in total. The average Bonchev–Trinajstić information content (AvgIpc) is 3.03. The van der Waals surface area contributed by atoms with Gasteiger partial charge in [-0.05, 0) is 64.3 Å². The SMILES string of the molecule is C=CC1=C(C=C)C(NC(=O)c2ccc(OC(C)CC)c(CN3C(=O)CC(CC)(CC)N=C3N)c2)CC(O)C(C)(C)O1. The van der Waals surface area contributed by atoms with Gasteiger partial charge in [0, 0.05) is 23.1 Å². The van der Waals surface area contributed by atoms with Gasteiger partial charge in [-0.2, -0.15) is 0 Å². The Bertz CT molecular complexity index is 1230. The van der Waals surface area contributed by atoms with Crippen LogP contribution in [0.5, 0.6) is 5.75 Å². The summed E-state index contributed by atoms with van der Waals surface area (Å²) in [6.45, 7) is 19.4. The molecule has 2 heterocycles. The first-order valence-corrected chi connectivity index (χ1v) is 14.5. The summed E-state index contributed by atoms with van der Waals surface area (Å²) in [7, 11) is 0. The van der Waals surface area contributed by atoms with Crippen LogP contribution in [-0.4, -0.2) is 57.2 Å². The molecule has 0 radical (unpaired) electrons. The van der Waals surface area contributed by atoms with Crippen molar-refractivity contribution < 1.29 is 24.2 Å². The summed E-state index contributed by atoms with van der Waals surface area (Å²) in [6, 6.07) is 4.58. The topological polar surface area (TPSA) is 126 Å². The molecule has 0 saturated carbocycles. The molecule has 224 valence electrons.